The van der Waals surface area contributed by atoms with Crippen LogP contribution in [0.15, 0.2) is 30.3 Å². The molecule has 1 rings (SSSR count). The van der Waals surface area contributed by atoms with Crippen molar-refractivity contribution in [1.29, 1.82) is 0 Å². The Hall–Kier alpha value is 0.604. The van der Waals surface area contributed by atoms with Gasteiger partial charge in [0, 0.05) is 0 Å². The van der Waals surface area contributed by atoms with E-state index in [1.807, 2.05) is 30.3 Å². The van der Waals surface area contributed by atoms with Gasteiger partial charge < -0.3 is 42.0 Å². The van der Waals surface area contributed by atoms with Gasteiger partial charge in [-0.1, -0.05) is 18.2 Å². The molecule has 0 aliphatic rings. The third kappa shape index (κ3) is 8.70. The molecule has 67 valence electrons. The predicted octanol–water partition coefficient (Wildman–Crippen LogP) is -7.30. The minimum Gasteiger partial charge on any atom is -1.00 e. The molecule has 0 N–H and O–H groups in total. The van der Waals surface area contributed by atoms with Gasteiger partial charge in [-0.2, -0.15) is 0 Å². The van der Waals surface area contributed by atoms with Crippen molar-refractivity contribution in [3.63, 3.8) is 0 Å². The van der Waals surface area contributed by atoms with E-state index in [-0.39, 0.29) is 58.9 Å². The van der Waals surface area contributed by atoms with Gasteiger partial charge in [-0.15, -0.1) is 0 Å². The maximum absolute atomic E-state index is 4.91. The van der Waals surface area contributed by atoms with Gasteiger partial charge in [-0.05, 0) is 12.1 Å². The molecule has 0 aliphatic carbocycles. The van der Waals surface area contributed by atoms with Crippen LogP contribution in [0.2, 0.25) is 0 Å². The molecule has 1 aromatic carbocycles. The summed E-state index contributed by atoms with van der Waals surface area (Å²) < 4.78 is 4.91. The van der Waals surface area contributed by atoms with Crippen LogP contribution in [0.3, 0.4) is 0 Å². The van der Waals surface area contributed by atoms with E-state index >= 15 is 0 Å². The van der Waals surface area contributed by atoms with Crippen LogP contribution >= 0.6 is 0 Å². The van der Waals surface area contributed by atoms with Crippen LogP contribution in [0.1, 0.15) is 0 Å². The van der Waals surface area contributed by atoms with Crippen LogP contribution in [0.4, 0.5) is 0 Å². The monoisotopic (exact) mass is 261 g/mol. The third-order valence-corrected chi connectivity index (χ3v) is 0.979. The molecule has 0 spiro atoms. The van der Waals surface area contributed by atoms with Crippen molar-refractivity contribution in [2.45, 2.75) is 0 Å². The van der Waals surface area contributed by atoms with Gasteiger partial charge in [0.2, 0.25) is 0 Å². The van der Waals surface area contributed by atoms with E-state index < -0.39 is 0 Å². The first-order valence-electron chi connectivity index (χ1n) is 2.52. The molecule has 0 bridgehead atoms. The maximum atomic E-state index is 4.91. The van der Waals surface area contributed by atoms with Crippen molar-refractivity contribution in [2.75, 3.05) is 7.11 Å². The molecular formula is C7H8Cl3OTi. The SMILES string of the molecule is COc1ccccc1.[Cl-].[Cl-].[Cl-].[Ti+3]. The molecule has 1 aromatic rings. The van der Waals surface area contributed by atoms with E-state index in [0.717, 1.165) is 5.75 Å². The maximum Gasteiger partial charge on any atom is 3.00 e. The summed E-state index contributed by atoms with van der Waals surface area (Å²) in [6, 6.07) is 9.68. The van der Waals surface area contributed by atoms with E-state index in [4.69, 9.17) is 4.74 Å². The van der Waals surface area contributed by atoms with Crippen molar-refractivity contribution >= 4 is 0 Å². The fourth-order valence-corrected chi connectivity index (χ4v) is 0.557. The quantitative estimate of drug-likeness (QED) is 0.457. The Morgan fingerprint density at radius 1 is 0.917 bits per heavy atom. The van der Waals surface area contributed by atoms with Gasteiger partial charge in [0.05, 0.1) is 7.11 Å². The molecule has 0 aromatic heterocycles. The molecule has 0 saturated heterocycles. The van der Waals surface area contributed by atoms with Crippen molar-refractivity contribution in [3.8, 4) is 5.75 Å². The summed E-state index contributed by atoms with van der Waals surface area (Å²) in [7, 11) is 1.66. The summed E-state index contributed by atoms with van der Waals surface area (Å²) in [5.41, 5.74) is 0. The van der Waals surface area contributed by atoms with E-state index in [9.17, 15) is 0 Å². The molecule has 0 unspecified atom stereocenters. The van der Waals surface area contributed by atoms with Crippen LogP contribution < -0.4 is 42.0 Å². The van der Waals surface area contributed by atoms with Crippen molar-refractivity contribution < 1.29 is 63.7 Å². The van der Waals surface area contributed by atoms with Crippen molar-refractivity contribution in [2.24, 2.45) is 0 Å². The Balaban J connectivity index is -0.0000000800. The molecule has 0 aliphatic heterocycles. The van der Waals surface area contributed by atoms with Gasteiger partial charge in [-0.3, -0.25) is 0 Å². The third-order valence-electron chi connectivity index (χ3n) is 0.979. The molecule has 0 fully saturated rings. The summed E-state index contributed by atoms with van der Waals surface area (Å²) in [4.78, 5) is 0. The van der Waals surface area contributed by atoms with Gasteiger partial charge in [0.1, 0.15) is 5.75 Å². The van der Waals surface area contributed by atoms with Gasteiger partial charge >= 0.3 is 21.7 Å². The van der Waals surface area contributed by atoms with E-state index in [2.05, 4.69) is 0 Å². The fraction of sp³-hybridized carbons (Fsp3) is 0.143. The van der Waals surface area contributed by atoms with Crippen molar-refractivity contribution in [3.05, 3.63) is 30.3 Å². The molecule has 0 heterocycles. The zero-order valence-corrected chi connectivity index (χ0v) is 10.3. The second kappa shape index (κ2) is 14.1. The number of benzene rings is 1. The number of ether oxygens (including phenoxy) is 1. The first-order chi connectivity index (χ1) is 3.93. The van der Waals surface area contributed by atoms with E-state index in [0.29, 0.717) is 0 Å². The Labute approximate surface area is 106 Å². The Kier molecular flexibility index (Phi) is 27.0. The molecule has 0 saturated carbocycles. The minimum atomic E-state index is 0. The van der Waals surface area contributed by atoms with Crippen LogP contribution in [0.5, 0.6) is 5.75 Å². The average molecular weight is 262 g/mol. The molecule has 12 heavy (non-hydrogen) atoms. The van der Waals surface area contributed by atoms with Crippen LogP contribution in [0, 0.1) is 0 Å². The van der Waals surface area contributed by atoms with E-state index in [1.54, 1.807) is 7.11 Å². The molecule has 5 heteroatoms. The van der Waals surface area contributed by atoms with Crippen molar-refractivity contribution in [1.82, 2.24) is 0 Å². The second-order valence-corrected chi connectivity index (χ2v) is 1.52. The Bertz CT molecular complexity index is 160. The van der Waals surface area contributed by atoms with Crippen LogP contribution in [0.25, 0.3) is 0 Å². The van der Waals surface area contributed by atoms with E-state index in [1.165, 1.54) is 0 Å². The first-order valence-corrected chi connectivity index (χ1v) is 2.52. The number of hydrogen-bond acceptors (Lipinski definition) is 1. The largest absolute Gasteiger partial charge is 3.00 e. The molecule has 0 amide bonds. The predicted molar refractivity (Wildman–Crippen MR) is 33.0 cm³/mol. The standard InChI is InChI=1S/C7H8O.3ClH.Ti/c1-8-7-5-3-2-4-6-7;;;;/h2-6H,1H3;3*1H;/q;;;;+3/p-3. The zero-order chi connectivity index (χ0) is 5.82. The molecular weight excluding hydrogens is 254 g/mol. The Morgan fingerprint density at radius 2 is 1.33 bits per heavy atom. The number of methoxy groups -OCH3 is 1. The van der Waals surface area contributed by atoms with Gasteiger partial charge in [0.15, 0.2) is 0 Å². The molecule has 1 nitrogen and oxygen atoms in total. The summed E-state index contributed by atoms with van der Waals surface area (Å²) in [6.07, 6.45) is 0. The number of rotatable bonds is 1. The average Bonchev–Trinajstić information content (AvgIpc) is 1.90. The fourth-order valence-electron chi connectivity index (χ4n) is 0.557. The van der Waals surface area contributed by atoms with Gasteiger partial charge in [0.25, 0.3) is 0 Å². The summed E-state index contributed by atoms with van der Waals surface area (Å²) in [5.74, 6) is 0.910. The minimum absolute atomic E-state index is 0. The first kappa shape index (κ1) is 22.9. The zero-order valence-electron chi connectivity index (χ0n) is 6.43. The normalized spacial score (nSPS) is 5.75. The number of hydrogen-bond donors (Lipinski definition) is 0. The van der Waals surface area contributed by atoms with Crippen LogP contribution in [-0.2, 0) is 21.7 Å². The Morgan fingerprint density at radius 3 is 1.58 bits per heavy atom. The topological polar surface area (TPSA) is 9.23 Å². The van der Waals surface area contributed by atoms with Crippen LogP contribution in [-0.4, -0.2) is 7.11 Å². The molecule has 0 atom stereocenters. The summed E-state index contributed by atoms with van der Waals surface area (Å²) in [5, 5.41) is 0. The summed E-state index contributed by atoms with van der Waals surface area (Å²) in [6.45, 7) is 0. The number of halogens is 3. The second-order valence-electron chi connectivity index (χ2n) is 1.52. The van der Waals surface area contributed by atoms with Gasteiger partial charge in [-0.25, -0.2) is 0 Å². The number of para-hydroxylation sites is 1. The molecule has 1 radical (unpaired) electrons. The summed E-state index contributed by atoms with van der Waals surface area (Å²) >= 11 is 0. The smallest absolute Gasteiger partial charge is 1.00 e.